The number of carbonyl (C=O) groups is 2. The van der Waals surface area contributed by atoms with E-state index >= 15 is 0 Å². The Morgan fingerprint density at radius 2 is 1.50 bits per heavy atom. The third-order valence-electron chi connectivity index (χ3n) is 5.35. The number of nitrogens with one attached hydrogen (secondary N) is 1. The number of benzene rings is 2. The lowest BCUT2D eigenvalue weighted by atomic mass is 10.1. The van der Waals surface area contributed by atoms with Gasteiger partial charge in [0, 0.05) is 25.0 Å². The van der Waals surface area contributed by atoms with Crippen molar-refractivity contribution in [3.05, 3.63) is 66.2 Å². The van der Waals surface area contributed by atoms with Gasteiger partial charge in [0.1, 0.15) is 6.04 Å². The highest BCUT2D eigenvalue weighted by molar-refractivity contribution is 7.92. The molecule has 8 heteroatoms. The topological polar surface area (TPSA) is 86.8 Å². The summed E-state index contributed by atoms with van der Waals surface area (Å²) in [4.78, 5) is 27.6. The second kappa shape index (κ2) is 12.0. The maximum absolute atomic E-state index is 13.2. The van der Waals surface area contributed by atoms with Crippen LogP contribution in [0, 0.1) is 0 Å². The van der Waals surface area contributed by atoms with E-state index in [1.54, 1.807) is 36.1 Å². The fourth-order valence-corrected chi connectivity index (χ4v) is 4.61. The fraction of sp³-hybridized carbons (Fsp3) is 0.462. The second-order valence-electron chi connectivity index (χ2n) is 9.51. The van der Waals surface area contributed by atoms with Crippen molar-refractivity contribution >= 4 is 27.5 Å². The molecule has 7 nitrogen and oxygen atoms in total. The van der Waals surface area contributed by atoms with Crippen LogP contribution in [0.2, 0.25) is 0 Å². The van der Waals surface area contributed by atoms with Crippen LogP contribution in [0.1, 0.15) is 46.1 Å². The van der Waals surface area contributed by atoms with Crippen molar-refractivity contribution in [1.29, 1.82) is 0 Å². The summed E-state index contributed by atoms with van der Waals surface area (Å²) < 4.78 is 25.9. The lowest BCUT2D eigenvalue weighted by Crippen LogP contribution is -2.53. The predicted octanol–water partition coefficient (Wildman–Crippen LogP) is 3.61. The molecule has 2 aromatic carbocycles. The Morgan fingerprint density at radius 3 is 2.03 bits per heavy atom. The Morgan fingerprint density at radius 1 is 0.941 bits per heavy atom. The number of hydrogen-bond donors (Lipinski definition) is 1. The number of carbonyl (C=O) groups excluding carboxylic acids is 2. The zero-order chi connectivity index (χ0) is 25.4. The van der Waals surface area contributed by atoms with Crippen LogP contribution in [0.25, 0.3) is 0 Å². The number of hydrogen-bond acceptors (Lipinski definition) is 4. The monoisotopic (exact) mass is 487 g/mol. The molecule has 0 heterocycles. The van der Waals surface area contributed by atoms with Crippen molar-refractivity contribution in [2.45, 2.75) is 58.5 Å². The molecule has 34 heavy (non-hydrogen) atoms. The number of nitrogens with zero attached hydrogens (tertiary/aromatic N) is 2. The number of sulfonamides is 1. The molecular formula is C26H37N3O4S. The van der Waals surface area contributed by atoms with Gasteiger partial charge in [-0.25, -0.2) is 8.42 Å². The van der Waals surface area contributed by atoms with E-state index in [-0.39, 0.29) is 24.8 Å². The number of amides is 2. The molecule has 0 radical (unpaired) electrons. The van der Waals surface area contributed by atoms with Crippen LogP contribution in [-0.4, -0.2) is 56.1 Å². The van der Waals surface area contributed by atoms with Crippen molar-refractivity contribution in [1.82, 2.24) is 10.2 Å². The summed E-state index contributed by atoms with van der Waals surface area (Å²) in [6.45, 7) is 8.02. The molecule has 0 aliphatic rings. The molecule has 2 amide bonds. The summed E-state index contributed by atoms with van der Waals surface area (Å²) in [6.07, 6.45) is 2.27. The first-order chi connectivity index (χ1) is 15.9. The summed E-state index contributed by atoms with van der Waals surface area (Å²) in [6, 6.07) is 18.0. The molecule has 0 aliphatic carbocycles. The number of rotatable bonds is 11. The van der Waals surface area contributed by atoms with Gasteiger partial charge < -0.3 is 10.2 Å². The van der Waals surface area contributed by atoms with Crippen molar-refractivity contribution < 1.29 is 18.0 Å². The molecule has 0 saturated heterocycles. The molecule has 0 aliphatic heterocycles. The van der Waals surface area contributed by atoms with Crippen LogP contribution in [0.4, 0.5) is 5.69 Å². The molecule has 1 N–H and O–H groups in total. The molecule has 2 aromatic rings. The normalized spacial score (nSPS) is 12.6. The van der Waals surface area contributed by atoms with Gasteiger partial charge in [0.05, 0.1) is 11.9 Å². The Kier molecular flexibility index (Phi) is 9.67. The Bertz CT molecular complexity index is 1030. The molecule has 0 fully saturated rings. The Hall–Kier alpha value is -2.87. The maximum atomic E-state index is 13.2. The molecule has 0 bridgehead atoms. The van der Waals surface area contributed by atoms with E-state index < -0.39 is 21.6 Å². The first-order valence-electron chi connectivity index (χ1n) is 11.6. The summed E-state index contributed by atoms with van der Waals surface area (Å²) >= 11 is 0. The lowest BCUT2D eigenvalue weighted by molar-refractivity contribution is -0.140. The van der Waals surface area contributed by atoms with Gasteiger partial charge in [-0.15, -0.1) is 0 Å². The SMILES string of the molecule is C[C@@H](C(=O)NC(C)(C)C)N(CCc1ccccc1)C(=O)CCCN(c1ccccc1)S(C)(=O)=O. The zero-order valence-electron chi connectivity index (χ0n) is 20.8. The quantitative estimate of drug-likeness (QED) is 0.525. The molecular weight excluding hydrogens is 450 g/mol. The molecule has 0 unspecified atom stereocenters. The molecule has 1 atom stereocenters. The van der Waals surface area contributed by atoms with Crippen molar-refractivity contribution in [3.63, 3.8) is 0 Å². The van der Waals surface area contributed by atoms with Crippen LogP contribution in [0.5, 0.6) is 0 Å². The molecule has 0 spiro atoms. The smallest absolute Gasteiger partial charge is 0.242 e. The van der Waals surface area contributed by atoms with Crippen LogP contribution >= 0.6 is 0 Å². The van der Waals surface area contributed by atoms with Gasteiger partial charge in [-0.05, 0) is 58.2 Å². The van der Waals surface area contributed by atoms with Gasteiger partial charge in [-0.1, -0.05) is 48.5 Å². The largest absolute Gasteiger partial charge is 0.350 e. The van der Waals surface area contributed by atoms with Gasteiger partial charge in [-0.2, -0.15) is 0 Å². The fourth-order valence-electron chi connectivity index (χ4n) is 3.64. The van der Waals surface area contributed by atoms with Crippen molar-refractivity contribution in [2.24, 2.45) is 0 Å². The molecule has 186 valence electrons. The first kappa shape index (κ1) is 27.4. The molecule has 0 aromatic heterocycles. The van der Waals surface area contributed by atoms with Gasteiger partial charge in [0.15, 0.2) is 0 Å². The predicted molar refractivity (Wildman–Crippen MR) is 137 cm³/mol. The minimum Gasteiger partial charge on any atom is -0.350 e. The van der Waals surface area contributed by atoms with Gasteiger partial charge in [0.2, 0.25) is 21.8 Å². The first-order valence-corrected chi connectivity index (χ1v) is 13.4. The zero-order valence-corrected chi connectivity index (χ0v) is 21.6. The standard InChI is InChI=1S/C26H37N3O4S/c1-21(25(31)27-26(2,3)4)28(20-18-22-13-8-6-9-14-22)24(30)17-12-19-29(34(5,32)33)23-15-10-7-11-16-23/h6-11,13-16,21H,12,17-20H2,1-5H3,(H,27,31)/t21-/m0/s1. The van der Waals surface area contributed by atoms with Crippen LogP contribution in [0.3, 0.4) is 0 Å². The molecule has 0 saturated carbocycles. The van der Waals surface area contributed by atoms with Crippen LogP contribution < -0.4 is 9.62 Å². The van der Waals surface area contributed by atoms with E-state index in [4.69, 9.17) is 0 Å². The van der Waals surface area contributed by atoms with E-state index in [1.165, 1.54) is 4.31 Å². The summed E-state index contributed by atoms with van der Waals surface area (Å²) in [5.74, 6) is -0.384. The third kappa shape index (κ3) is 8.82. The minimum absolute atomic E-state index is 0.140. The van der Waals surface area contributed by atoms with E-state index in [2.05, 4.69) is 5.32 Å². The third-order valence-corrected chi connectivity index (χ3v) is 6.54. The minimum atomic E-state index is -3.49. The highest BCUT2D eigenvalue weighted by Crippen LogP contribution is 2.18. The van der Waals surface area contributed by atoms with Crippen molar-refractivity contribution in [2.75, 3.05) is 23.7 Å². The summed E-state index contributed by atoms with van der Waals surface area (Å²) in [7, 11) is -3.49. The highest BCUT2D eigenvalue weighted by Gasteiger charge is 2.28. The Balaban J connectivity index is 2.10. The lowest BCUT2D eigenvalue weighted by Gasteiger charge is -2.32. The van der Waals surface area contributed by atoms with Gasteiger partial charge >= 0.3 is 0 Å². The average Bonchev–Trinajstić information content (AvgIpc) is 2.76. The summed E-state index contributed by atoms with van der Waals surface area (Å²) in [5.41, 5.74) is 1.23. The van der Waals surface area contributed by atoms with Crippen LogP contribution in [-0.2, 0) is 26.0 Å². The van der Waals surface area contributed by atoms with E-state index in [0.717, 1.165) is 11.8 Å². The molecule has 2 rings (SSSR count). The second-order valence-corrected chi connectivity index (χ2v) is 11.4. The Labute approximate surface area is 204 Å². The summed E-state index contributed by atoms with van der Waals surface area (Å²) in [5, 5.41) is 2.95. The maximum Gasteiger partial charge on any atom is 0.242 e. The van der Waals surface area contributed by atoms with E-state index in [1.807, 2.05) is 57.2 Å². The average molecular weight is 488 g/mol. The van der Waals surface area contributed by atoms with Crippen LogP contribution in [0.15, 0.2) is 60.7 Å². The number of para-hydroxylation sites is 1. The van der Waals surface area contributed by atoms with E-state index in [0.29, 0.717) is 25.1 Å². The highest BCUT2D eigenvalue weighted by atomic mass is 32.2. The van der Waals surface area contributed by atoms with E-state index in [9.17, 15) is 18.0 Å². The van der Waals surface area contributed by atoms with Crippen molar-refractivity contribution in [3.8, 4) is 0 Å². The number of anilines is 1. The van der Waals surface area contributed by atoms with Gasteiger partial charge in [0.25, 0.3) is 0 Å². The van der Waals surface area contributed by atoms with Gasteiger partial charge in [-0.3, -0.25) is 13.9 Å².